The number of hydrogen-bond donors (Lipinski definition) is 1. The van der Waals surface area contributed by atoms with Crippen molar-refractivity contribution in [3.8, 4) is 11.5 Å². The van der Waals surface area contributed by atoms with Crippen LogP contribution in [0.4, 0.5) is 4.39 Å². The molecule has 0 saturated heterocycles. The minimum Gasteiger partial charge on any atom is -0.493 e. The second kappa shape index (κ2) is 10.6. The molecule has 1 N–H and O–H groups in total. The molecule has 0 aromatic heterocycles. The molecule has 2 atom stereocenters. The van der Waals surface area contributed by atoms with Gasteiger partial charge in [0.05, 0.1) is 26.4 Å². The summed E-state index contributed by atoms with van der Waals surface area (Å²) in [5.74, 6) is -0.408. The molecule has 0 unspecified atom stereocenters. The fraction of sp³-hybridized carbons (Fsp3) is 0.379. The Morgan fingerprint density at radius 3 is 2.47 bits per heavy atom. The predicted octanol–water partition coefficient (Wildman–Crippen LogP) is 5.40. The van der Waals surface area contributed by atoms with E-state index in [-0.39, 0.29) is 30.6 Å². The number of allylic oxidation sites excluding steroid dienone is 3. The van der Waals surface area contributed by atoms with Gasteiger partial charge in [-0.15, -0.1) is 0 Å². The third-order valence-electron chi connectivity index (χ3n) is 6.66. The van der Waals surface area contributed by atoms with Crippen molar-refractivity contribution in [2.24, 2.45) is 5.92 Å². The quantitative estimate of drug-likeness (QED) is 0.521. The van der Waals surface area contributed by atoms with Crippen molar-refractivity contribution in [3.05, 3.63) is 81.9 Å². The highest BCUT2D eigenvalue weighted by atomic mass is 19.1. The predicted molar refractivity (Wildman–Crippen MR) is 134 cm³/mol. The Labute approximate surface area is 211 Å². The van der Waals surface area contributed by atoms with Crippen LogP contribution < -0.4 is 14.8 Å². The van der Waals surface area contributed by atoms with Crippen molar-refractivity contribution in [1.82, 2.24) is 5.32 Å². The molecule has 1 heterocycles. The number of esters is 1. The minimum atomic E-state index is -0.699. The summed E-state index contributed by atoms with van der Waals surface area (Å²) in [7, 11) is 3.16. The maximum Gasteiger partial charge on any atom is 0.336 e. The van der Waals surface area contributed by atoms with Crippen LogP contribution in [0.25, 0.3) is 0 Å². The first kappa shape index (κ1) is 25.5. The number of ether oxygens (including phenoxy) is 3. The Bertz CT molecular complexity index is 1250. The van der Waals surface area contributed by atoms with Gasteiger partial charge < -0.3 is 19.5 Å². The highest BCUT2D eigenvalue weighted by Gasteiger charge is 2.41. The van der Waals surface area contributed by atoms with Gasteiger partial charge in [-0.3, -0.25) is 4.79 Å². The number of rotatable bonds is 7. The van der Waals surface area contributed by atoms with E-state index in [1.807, 2.05) is 32.0 Å². The van der Waals surface area contributed by atoms with Gasteiger partial charge in [-0.25, -0.2) is 9.18 Å². The summed E-state index contributed by atoms with van der Waals surface area (Å²) in [5, 5.41) is 3.32. The summed E-state index contributed by atoms with van der Waals surface area (Å²) < 4.78 is 30.6. The average Bonchev–Trinajstić information content (AvgIpc) is 2.85. The van der Waals surface area contributed by atoms with E-state index in [0.717, 1.165) is 11.3 Å². The summed E-state index contributed by atoms with van der Waals surface area (Å²) >= 11 is 0. The second-order valence-electron chi connectivity index (χ2n) is 9.68. The van der Waals surface area contributed by atoms with Crippen LogP contribution in [-0.2, 0) is 14.3 Å². The largest absolute Gasteiger partial charge is 0.493 e. The third-order valence-corrected chi connectivity index (χ3v) is 6.66. The molecular weight excluding hydrogens is 461 g/mol. The van der Waals surface area contributed by atoms with E-state index in [4.69, 9.17) is 14.2 Å². The maximum atomic E-state index is 14.3. The molecule has 0 spiro atoms. The SMILES string of the molecule is COc1ccc([C@@H]2CC(=O)C3=C(C2)NC(C)=C(C(=O)OCC(C)C)[C@H]3c2cccc(F)c2)cc1OC. The molecule has 0 saturated carbocycles. The lowest BCUT2D eigenvalue weighted by Crippen LogP contribution is -2.36. The first-order valence-electron chi connectivity index (χ1n) is 12.1. The van der Waals surface area contributed by atoms with Gasteiger partial charge in [0.25, 0.3) is 0 Å². The zero-order chi connectivity index (χ0) is 26.0. The molecular formula is C29H32FNO5. The topological polar surface area (TPSA) is 73.9 Å². The van der Waals surface area contributed by atoms with Crippen LogP contribution in [0.2, 0.25) is 0 Å². The van der Waals surface area contributed by atoms with Crippen LogP contribution >= 0.6 is 0 Å². The molecule has 36 heavy (non-hydrogen) atoms. The molecule has 6 nitrogen and oxygen atoms in total. The summed E-state index contributed by atoms with van der Waals surface area (Å²) in [6.07, 6.45) is 0.823. The number of carbonyl (C=O) groups is 2. The lowest BCUT2D eigenvalue weighted by atomic mass is 9.71. The van der Waals surface area contributed by atoms with Gasteiger partial charge in [0.15, 0.2) is 17.3 Å². The fourth-order valence-corrected chi connectivity index (χ4v) is 4.99. The van der Waals surface area contributed by atoms with Gasteiger partial charge in [0, 0.05) is 29.3 Å². The van der Waals surface area contributed by atoms with Crippen LogP contribution in [0.15, 0.2) is 65.0 Å². The van der Waals surface area contributed by atoms with Gasteiger partial charge in [-0.2, -0.15) is 0 Å². The Morgan fingerprint density at radius 1 is 1.06 bits per heavy atom. The molecule has 2 aromatic carbocycles. The van der Waals surface area contributed by atoms with Crippen molar-refractivity contribution < 1.29 is 28.2 Å². The Morgan fingerprint density at radius 2 is 1.81 bits per heavy atom. The molecule has 1 aliphatic heterocycles. The van der Waals surface area contributed by atoms with E-state index in [9.17, 15) is 14.0 Å². The van der Waals surface area contributed by atoms with Crippen LogP contribution in [-0.4, -0.2) is 32.6 Å². The molecule has 1 aliphatic carbocycles. The first-order chi connectivity index (χ1) is 17.2. The number of methoxy groups -OCH3 is 2. The van der Waals surface area contributed by atoms with Crippen LogP contribution in [0.3, 0.4) is 0 Å². The van der Waals surface area contributed by atoms with Crippen molar-refractivity contribution >= 4 is 11.8 Å². The van der Waals surface area contributed by atoms with E-state index in [2.05, 4.69) is 5.32 Å². The van der Waals surface area contributed by atoms with Crippen LogP contribution in [0, 0.1) is 11.7 Å². The van der Waals surface area contributed by atoms with E-state index >= 15 is 0 Å². The monoisotopic (exact) mass is 493 g/mol. The molecule has 2 aliphatic rings. The Hall–Kier alpha value is -3.61. The summed E-state index contributed by atoms with van der Waals surface area (Å²) in [5.41, 5.74) is 3.71. The molecule has 7 heteroatoms. The summed E-state index contributed by atoms with van der Waals surface area (Å²) in [4.78, 5) is 26.9. The normalized spacial score (nSPS) is 19.7. The Kier molecular flexibility index (Phi) is 7.48. The van der Waals surface area contributed by atoms with Crippen molar-refractivity contribution in [3.63, 3.8) is 0 Å². The summed E-state index contributed by atoms with van der Waals surface area (Å²) in [6, 6.07) is 11.8. The standard InChI is InChI=1S/C29H32FNO5/c1-16(2)15-36-29(33)26-17(3)31-22-12-20(18-9-10-24(34-4)25(14-18)35-5)13-23(32)28(22)27(26)19-7-6-8-21(30)11-19/h6-11,14,16,20,27,31H,12-13,15H2,1-5H3/t20-,27+/m0/s1. The zero-order valence-electron chi connectivity index (χ0n) is 21.3. The molecule has 4 rings (SSSR count). The third kappa shape index (κ3) is 5.01. The van der Waals surface area contributed by atoms with Gasteiger partial charge in [-0.1, -0.05) is 32.0 Å². The number of dihydropyridines is 1. The molecule has 0 amide bonds. The lowest BCUT2D eigenvalue weighted by molar-refractivity contribution is -0.140. The van der Waals surface area contributed by atoms with Crippen molar-refractivity contribution in [2.45, 2.75) is 45.4 Å². The van der Waals surface area contributed by atoms with E-state index in [0.29, 0.717) is 40.3 Å². The highest BCUT2D eigenvalue weighted by molar-refractivity contribution is 6.04. The Balaban J connectivity index is 1.75. The average molecular weight is 494 g/mol. The number of hydrogen-bond acceptors (Lipinski definition) is 6. The smallest absolute Gasteiger partial charge is 0.336 e. The zero-order valence-corrected chi connectivity index (χ0v) is 21.3. The van der Waals surface area contributed by atoms with Gasteiger partial charge in [0.1, 0.15) is 5.82 Å². The lowest BCUT2D eigenvalue weighted by Gasteiger charge is -2.36. The second-order valence-corrected chi connectivity index (χ2v) is 9.68. The fourth-order valence-electron chi connectivity index (χ4n) is 4.99. The maximum absolute atomic E-state index is 14.3. The number of nitrogens with one attached hydrogen (secondary N) is 1. The minimum absolute atomic E-state index is 0.0838. The van der Waals surface area contributed by atoms with Gasteiger partial charge >= 0.3 is 5.97 Å². The van der Waals surface area contributed by atoms with Crippen molar-refractivity contribution in [2.75, 3.05) is 20.8 Å². The number of halogens is 1. The van der Waals surface area contributed by atoms with Crippen LogP contribution in [0.5, 0.6) is 11.5 Å². The molecule has 190 valence electrons. The first-order valence-corrected chi connectivity index (χ1v) is 12.1. The van der Waals surface area contributed by atoms with E-state index < -0.39 is 17.7 Å². The van der Waals surface area contributed by atoms with E-state index in [1.54, 1.807) is 33.3 Å². The van der Waals surface area contributed by atoms with Gasteiger partial charge in [0.2, 0.25) is 0 Å². The number of benzene rings is 2. The molecule has 0 bridgehead atoms. The number of Topliss-reactive ketones (excluding diaryl/α,β-unsaturated/α-hetero) is 1. The van der Waals surface area contributed by atoms with Crippen LogP contribution in [0.1, 0.15) is 56.6 Å². The molecule has 2 aromatic rings. The molecule has 0 radical (unpaired) electrons. The number of ketones is 1. The molecule has 0 fully saturated rings. The highest BCUT2D eigenvalue weighted by Crippen LogP contribution is 2.46. The number of carbonyl (C=O) groups excluding carboxylic acids is 2. The van der Waals surface area contributed by atoms with Gasteiger partial charge in [-0.05, 0) is 60.6 Å². The summed E-state index contributed by atoms with van der Waals surface area (Å²) in [6.45, 7) is 5.97. The van der Waals surface area contributed by atoms with E-state index in [1.165, 1.54) is 12.1 Å². The van der Waals surface area contributed by atoms with Crippen molar-refractivity contribution in [1.29, 1.82) is 0 Å².